The molecule has 1 N–H and O–H groups in total. The quantitative estimate of drug-likeness (QED) is 0.898. The van der Waals surface area contributed by atoms with Gasteiger partial charge in [-0.25, -0.2) is 4.98 Å². The number of aromatic nitrogens is 1. The lowest BCUT2D eigenvalue weighted by atomic mass is 10.2. The molecule has 1 aromatic rings. The van der Waals surface area contributed by atoms with Gasteiger partial charge in [-0.1, -0.05) is 13.8 Å². The van der Waals surface area contributed by atoms with Gasteiger partial charge in [-0.2, -0.15) is 0 Å². The van der Waals surface area contributed by atoms with Crippen LogP contribution >= 0.6 is 0 Å². The minimum Gasteiger partial charge on any atom is -0.368 e. The molecule has 0 atom stereocenters. The van der Waals surface area contributed by atoms with Crippen LogP contribution in [-0.2, 0) is 0 Å². The van der Waals surface area contributed by atoms with Gasteiger partial charge in [-0.3, -0.25) is 4.79 Å². The molecular weight excluding hydrogens is 252 g/mol. The number of anilines is 1. The molecule has 0 saturated carbocycles. The molecule has 5 nitrogen and oxygen atoms in total. The maximum absolute atomic E-state index is 11.9. The summed E-state index contributed by atoms with van der Waals surface area (Å²) in [5, 5.41) is 2.88. The van der Waals surface area contributed by atoms with Gasteiger partial charge in [0.05, 0.1) is 11.9 Å². The second kappa shape index (κ2) is 6.70. The number of pyridine rings is 1. The van der Waals surface area contributed by atoms with Crippen LogP contribution in [0.2, 0.25) is 0 Å². The Morgan fingerprint density at radius 2 is 2.00 bits per heavy atom. The van der Waals surface area contributed by atoms with E-state index in [-0.39, 0.29) is 5.91 Å². The fraction of sp³-hybridized carbons (Fsp3) is 0.600. The summed E-state index contributed by atoms with van der Waals surface area (Å²) in [6.07, 6.45) is 1.80. The molecule has 110 valence electrons. The first-order chi connectivity index (χ1) is 9.56. The molecule has 2 heterocycles. The summed E-state index contributed by atoms with van der Waals surface area (Å²) in [5.74, 6) is 0.354. The lowest BCUT2D eigenvalue weighted by molar-refractivity contribution is 0.0944. The van der Waals surface area contributed by atoms with Crippen molar-refractivity contribution in [1.29, 1.82) is 0 Å². The van der Waals surface area contributed by atoms with Crippen molar-refractivity contribution in [2.24, 2.45) is 5.92 Å². The minimum absolute atomic E-state index is 0.0939. The van der Waals surface area contributed by atoms with Crippen molar-refractivity contribution < 1.29 is 4.79 Å². The first-order valence-corrected chi connectivity index (χ1v) is 7.24. The van der Waals surface area contributed by atoms with Crippen LogP contribution in [0.1, 0.15) is 24.3 Å². The van der Waals surface area contributed by atoms with Gasteiger partial charge >= 0.3 is 0 Å². The van der Waals surface area contributed by atoms with Gasteiger partial charge < -0.3 is 15.1 Å². The molecule has 1 aromatic heterocycles. The topological polar surface area (TPSA) is 48.5 Å². The van der Waals surface area contributed by atoms with E-state index < -0.39 is 0 Å². The Bertz CT molecular complexity index is 436. The molecule has 1 amide bonds. The number of carbonyl (C=O) groups excluding carboxylic acids is 1. The van der Waals surface area contributed by atoms with Crippen molar-refractivity contribution in [2.45, 2.75) is 13.8 Å². The second-order valence-corrected chi connectivity index (χ2v) is 5.80. The zero-order valence-corrected chi connectivity index (χ0v) is 12.6. The van der Waals surface area contributed by atoms with Crippen LogP contribution in [0.5, 0.6) is 0 Å². The fourth-order valence-electron chi connectivity index (χ4n) is 2.16. The molecule has 1 aliphatic rings. The first-order valence-electron chi connectivity index (χ1n) is 7.24. The Morgan fingerprint density at radius 3 is 2.55 bits per heavy atom. The van der Waals surface area contributed by atoms with Gasteiger partial charge in [-0.15, -0.1) is 0 Å². The van der Waals surface area contributed by atoms with Crippen LogP contribution < -0.4 is 10.2 Å². The van der Waals surface area contributed by atoms with E-state index in [1.165, 1.54) is 0 Å². The average molecular weight is 276 g/mol. The molecule has 0 aromatic carbocycles. The summed E-state index contributed by atoms with van der Waals surface area (Å²) in [7, 11) is 2.14. The Kier molecular flexibility index (Phi) is 4.95. The molecule has 5 heteroatoms. The molecule has 0 spiro atoms. The zero-order valence-electron chi connectivity index (χ0n) is 12.6. The molecule has 2 rings (SSSR count). The Morgan fingerprint density at radius 1 is 1.30 bits per heavy atom. The summed E-state index contributed by atoms with van der Waals surface area (Å²) >= 11 is 0. The predicted octanol–water partition coefficient (Wildman–Crippen LogP) is 1.22. The number of carbonyl (C=O) groups is 1. The maximum Gasteiger partial charge on any atom is 0.269 e. The number of amides is 1. The normalized spacial score (nSPS) is 16.5. The largest absolute Gasteiger partial charge is 0.368 e. The van der Waals surface area contributed by atoms with Crippen LogP contribution in [-0.4, -0.2) is 55.6 Å². The predicted molar refractivity (Wildman–Crippen MR) is 81.1 cm³/mol. The summed E-state index contributed by atoms with van der Waals surface area (Å²) in [5.41, 5.74) is 1.59. The van der Waals surface area contributed by atoms with Crippen LogP contribution in [0, 0.1) is 5.92 Å². The highest BCUT2D eigenvalue weighted by Crippen LogP contribution is 2.15. The Labute approximate surface area is 121 Å². The third kappa shape index (κ3) is 3.93. The number of piperazine rings is 1. The number of likely N-dealkylation sites (N-methyl/N-ethyl adjacent to an activating group) is 1. The molecule has 0 bridgehead atoms. The van der Waals surface area contributed by atoms with E-state index in [1.54, 1.807) is 6.20 Å². The van der Waals surface area contributed by atoms with Gasteiger partial charge in [0, 0.05) is 32.7 Å². The van der Waals surface area contributed by atoms with E-state index in [4.69, 9.17) is 0 Å². The van der Waals surface area contributed by atoms with E-state index in [9.17, 15) is 4.79 Å². The van der Waals surface area contributed by atoms with Gasteiger partial charge in [0.2, 0.25) is 0 Å². The van der Waals surface area contributed by atoms with E-state index in [1.807, 2.05) is 12.1 Å². The standard InChI is InChI=1S/C15H24N4O/c1-12(2)10-17-15(20)14-5-4-13(11-16-14)19-8-6-18(3)7-9-19/h4-5,11-12H,6-10H2,1-3H3,(H,17,20). The van der Waals surface area contributed by atoms with Crippen LogP contribution in [0.4, 0.5) is 5.69 Å². The SMILES string of the molecule is CC(C)CNC(=O)c1ccc(N2CCN(C)CC2)cn1. The van der Waals surface area contributed by atoms with Crippen LogP contribution in [0.3, 0.4) is 0 Å². The van der Waals surface area contributed by atoms with Gasteiger partial charge in [-0.05, 0) is 25.1 Å². The number of hydrogen-bond acceptors (Lipinski definition) is 4. The lowest BCUT2D eigenvalue weighted by Crippen LogP contribution is -2.44. The number of rotatable bonds is 4. The highest BCUT2D eigenvalue weighted by Gasteiger charge is 2.15. The van der Waals surface area contributed by atoms with E-state index >= 15 is 0 Å². The highest BCUT2D eigenvalue weighted by molar-refractivity contribution is 5.92. The van der Waals surface area contributed by atoms with Gasteiger partial charge in [0.25, 0.3) is 5.91 Å². The van der Waals surface area contributed by atoms with Gasteiger partial charge in [0.1, 0.15) is 5.69 Å². The van der Waals surface area contributed by atoms with Crippen molar-refractivity contribution >= 4 is 11.6 Å². The number of nitrogens with zero attached hydrogens (tertiary/aromatic N) is 3. The van der Waals surface area contributed by atoms with E-state index in [0.717, 1.165) is 31.9 Å². The average Bonchev–Trinajstić information content (AvgIpc) is 2.46. The molecule has 0 aliphatic carbocycles. The fourth-order valence-corrected chi connectivity index (χ4v) is 2.16. The van der Waals surface area contributed by atoms with Crippen molar-refractivity contribution in [3.05, 3.63) is 24.0 Å². The van der Waals surface area contributed by atoms with Crippen molar-refractivity contribution in [2.75, 3.05) is 44.7 Å². The highest BCUT2D eigenvalue weighted by atomic mass is 16.1. The van der Waals surface area contributed by atoms with Crippen molar-refractivity contribution in [3.8, 4) is 0 Å². The molecule has 0 radical (unpaired) electrons. The summed E-state index contributed by atoms with van der Waals surface area (Å²) < 4.78 is 0. The molecule has 1 saturated heterocycles. The van der Waals surface area contributed by atoms with Crippen molar-refractivity contribution in [1.82, 2.24) is 15.2 Å². The van der Waals surface area contributed by atoms with Crippen LogP contribution in [0.15, 0.2) is 18.3 Å². The van der Waals surface area contributed by atoms with Crippen LogP contribution in [0.25, 0.3) is 0 Å². The number of nitrogens with one attached hydrogen (secondary N) is 1. The smallest absolute Gasteiger partial charge is 0.269 e. The number of hydrogen-bond donors (Lipinski definition) is 1. The lowest BCUT2D eigenvalue weighted by Gasteiger charge is -2.33. The third-order valence-corrected chi connectivity index (χ3v) is 3.52. The zero-order chi connectivity index (χ0) is 14.5. The molecule has 1 fully saturated rings. The molecular formula is C15H24N4O. The minimum atomic E-state index is -0.0939. The first kappa shape index (κ1) is 14.8. The summed E-state index contributed by atoms with van der Waals surface area (Å²) in [6.45, 7) is 8.98. The monoisotopic (exact) mass is 276 g/mol. The van der Waals surface area contributed by atoms with Crippen molar-refractivity contribution in [3.63, 3.8) is 0 Å². The molecule has 0 unspecified atom stereocenters. The summed E-state index contributed by atoms with van der Waals surface area (Å²) in [4.78, 5) is 20.8. The summed E-state index contributed by atoms with van der Waals surface area (Å²) in [6, 6.07) is 3.80. The Hall–Kier alpha value is -1.62. The maximum atomic E-state index is 11.9. The Balaban J connectivity index is 1.94. The van der Waals surface area contributed by atoms with E-state index in [2.05, 4.69) is 41.0 Å². The van der Waals surface area contributed by atoms with E-state index in [0.29, 0.717) is 18.2 Å². The molecule has 20 heavy (non-hydrogen) atoms. The van der Waals surface area contributed by atoms with Gasteiger partial charge in [0.15, 0.2) is 0 Å². The molecule has 1 aliphatic heterocycles. The second-order valence-electron chi connectivity index (χ2n) is 5.80. The third-order valence-electron chi connectivity index (χ3n) is 3.52.